The number of morpholine rings is 1. The quantitative estimate of drug-likeness (QED) is 0.739. The molecule has 1 N–H and O–H groups in total. The van der Waals surface area contributed by atoms with Crippen LogP contribution in [0.2, 0.25) is 0 Å². The van der Waals surface area contributed by atoms with E-state index in [1.54, 1.807) is 13.3 Å². The summed E-state index contributed by atoms with van der Waals surface area (Å²) in [5.74, 6) is 1.41. The van der Waals surface area contributed by atoms with Gasteiger partial charge in [0.15, 0.2) is 0 Å². The van der Waals surface area contributed by atoms with Crippen molar-refractivity contribution in [3.63, 3.8) is 0 Å². The molecule has 2 aromatic heterocycles. The Morgan fingerprint density at radius 2 is 2.36 bits per heavy atom. The zero-order chi connectivity index (χ0) is 17.1. The molecule has 0 bridgehead atoms. The minimum absolute atomic E-state index is 0.175. The summed E-state index contributed by atoms with van der Waals surface area (Å²) in [6.07, 6.45) is 3.54. The van der Waals surface area contributed by atoms with E-state index >= 15 is 0 Å². The van der Waals surface area contributed by atoms with Crippen molar-refractivity contribution in [1.82, 2.24) is 35.3 Å². The minimum atomic E-state index is -0.175. The summed E-state index contributed by atoms with van der Waals surface area (Å²) in [5, 5.41) is 18.5. The van der Waals surface area contributed by atoms with Crippen molar-refractivity contribution in [3.8, 4) is 11.4 Å². The Hall–Kier alpha value is -2.78. The summed E-state index contributed by atoms with van der Waals surface area (Å²) >= 11 is 0. The van der Waals surface area contributed by atoms with Crippen LogP contribution >= 0.6 is 0 Å². The average molecular weight is 341 g/mol. The standard InChI is InChI=1S/C16H19N7O2/c1-24-13-3-4-14(23-6-2-5-17-23)12(9-13)10-22-7-8-25-15(11-22)16-18-20-21-19-16/h2-6,9,15H,7-8,10-11H2,1H3,(H,18,19,20,21). The highest BCUT2D eigenvalue weighted by Crippen LogP contribution is 2.25. The zero-order valence-electron chi connectivity index (χ0n) is 13.9. The Kier molecular flexibility index (Phi) is 4.40. The molecule has 1 saturated heterocycles. The molecule has 1 aromatic carbocycles. The van der Waals surface area contributed by atoms with E-state index in [0.29, 0.717) is 19.0 Å². The summed E-state index contributed by atoms with van der Waals surface area (Å²) in [7, 11) is 1.67. The van der Waals surface area contributed by atoms with Crippen LogP contribution in [-0.4, -0.2) is 62.1 Å². The van der Waals surface area contributed by atoms with Gasteiger partial charge in [0, 0.05) is 32.0 Å². The van der Waals surface area contributed by atoms with Crippen molar-refractivity contribution in [3.05, 3.63) is 48.0 Å². The van der Waals surface area contributed by atoms with Gasteiger partial charge >= 0.3 is 0 Å². The Bertz CT molecular complexity index is 804. The first-order valence-corrected chi connectivity index (χ1v) is 8.08. The van der Waals surface area contributed by atoms with Crippen LogP contribution in [0, 0.1) is 0 Å². The number of aromatic nitrogens is 6. The minimum Gasteiger partial charge on any atom is -0.497 e. The number of ether oxygens (including phenoxy) is 2. The second-order valence-corrected chi connectivity index (χ2v) is 5.81. The number of H-pyrrole nitrogens is 1. The van der Waals surface area contributed by atoms with Crippen LogP contribution in [0.25, 0.3) is 5.69 Å². The van der Waals surface area contributed by atoms with Gasteiger partial charge in [-0.25, -0.2) is 4.68 Å². The number of hydrogen-bond donors (Lipinski definition) is 1. The topological polar surface area (TPSA) is 94.0 Å². The summed E-state index contributed by atoms with van der Waals surface area (Å²) in [6, 6.07) is 7.94. The molecule has 9 nitrogen and oxygen atoms in total. The normalized spacial score (nSPS) is 18.4. The van der Waals surface area contributed by atoms with Gasteiger partial charge < -0.3 is 9.47 Å². The smallest absolute Gasteiger partial charge is 0.204 e. The van der Waals surface area contributed by atoms with Gasteiger partial charge in [-0.2, -0.15) is 10.3 Å². The van der Waals surface area contributed by atoms with Crippen LogP contribution in [0.1, 0.15) is 17.5 Å². The molecule has 0 aliphatic carbocycles. The van der Waals surface area contributed by atoms with E-state index in [9.17, 15) is 0 Å². The highest BCUT2D eigenvalue weighted by molar-refractivity contribution is 5.45. The molecule has 1 aliphatic rings. The summed E-state index contributed by atoms with van der Waals surface area (Å²) in [6.45, 7) is 2.92. The number of aromatic amines is 1. The Morgan fingerprint density at radius 1 is 1.40 bits per heavy atom. The van der Waals surface area contributed by atoms with Crippen molar-refractivity contribution in [1.29, 1.82) is 0 Å². The maximum atomic E-state index is 5.77. The lowest BCUT2D eigenvalue weighted by Gasteiger charge is -2.31. The molecule has 1 unspecified atom stereocenters. The zero-order valence-corrected chi connectivity index (χ0v) is 13.9. The monoisotopic (exact) mass is 341 g/mol. The average Bonchev–Trinajstić information content (AvgIpc) is 3.36. The fraction of sp³-hybridized carbons (Fsp3) is 0.375. The number of nitrogens with one attached hydrogen (secondary N) is 1. The lowest BCUT2D eigenvalue weighted by Crippen LogP contribution is -2.38. The maximum absolute atomic E-state index is 5.77. The Labute approximate surface area is 144 Å². The first-order valence-electron chi connectivity index (χ1n) is 8.08. The van der Waals surface area contributed by atoms with E-state index in [1.807, 2.05) is 29.1 Å². The number of hydrogen-bond acceptors (Lipinski definition) is 7. The van der Waals surface area contributed by atoms with E-state index in [0.717, 1.165) is 30.1 Å². The van der Waals surface area contributed by atoms with Crippen LogP contribution in [0.15, 0.2) is 36.7 Å². The largest absolute Gasteiger partial charge is 0.497 e. The lowest BCUT2D eigenvalue weighted by atomic mass is 10.1. The van der Waals surface area contributed by atoms with Gasteiger partial charge in [0.1, 0.15) is 11.9 Å². The summed E-state index contributed by atoms with van der Waals surface area (Å²) in [5.41, 5.74) is 2.17. The molecule has 1 fully saturated rings. The highest BCUT2D eigenvalue weighted by Gasteiger charge is 2.25. The van der Waals surface area contributed by atoms with Gasteiger partial charge in [-0.05, 0) is 29.8 Å². The van der Waals surface area contributed by atoms with Crippen molar-refractivity contribution >= 4 is 0 Å². The SMILES string of the molecule is COc1ccc(-n2cccn2)c(CN2CCOC(c3nn[nH]n3)C2)c1. The predicted molar refractivity (Wildman–Crippen MR) is 88.3 cm³/mol. The van der Waals surface area contributed by atoms with E-state index in [2.05, 4.69) is 36.7 Å². The summed E-state index contributed by atoms with van der Waals surface area (Å²) < 4.78 is 13.0. The van der Waals surface area contributed by atoms with E-state index < -0.39 is 0 Å². The number of rotatable bonds is 5. The molecule has 1 aliphatic heterocycles. The Balaban J connectivity index is 1.57. The number of benzene rings is 1. The van der Waals surface area contributed by atoms with Gasteiger partial charge in [0.2, 0.25) is 5.82 Å². The number of tetrazole rings is 1. The van der Waals surface area contributed by atoms with Crippen LogP contribution < -0.4 is 4.74 Å². The maximum Gasteiger partial charge on any atom is 0.204 e. The van der Waals surface area contributed by atoms with Crippen LogP contribution in [-0.2, 0) is 11.3 Å². The Morgan fingerprint density at radius 3 is 3.12 bits per heavy atom. The fourth-order valence-corrected chi connectivity index (χ4v) is 3.00. The molecule has 25 heavy (non-hydrogen) atoms. The molecule has 9 heteroatoms. The van der Waals surface area contributed by atoms with E-state index in [-0.39, 0.29) is 6.10 Å². The van der Waals surface area contributed by atoms with Gasteiger partial charge in [0.05, 0.1) is 19.4 Å². The third-order valence-corrected chi connectivity index (χ3v) is 4.23. The van der Waals surface area contributed by atoms with E-state index in [1.165, 1.54) is 0 Å². The summed E-state index contributed by atoms with van der Waals surface area (Å²) in [4.78, 5) is 2.31. The van der Waals surface area contributed by atoms with Crippen LogP contribution in [0.5, 0.6) is 5.75 Å². The molecule has 0 amide bonds. The first kappa shape index (κ1) is 15.7. The molecule has 1 atom stereocenters. The molecular weight excluding hydrogens is 322 g/mol. The number of nitrogens with zero attached hydrogens (tertiary/aromatic N) is 6. The van der Waals surface area contributed by atoms with Crippen molar-refractivity contribution in [2.45, 2.75) is 12.6 Å². The van der Waals surface area contributed by atoms with Crippen LogP contribution in [0.3, 0.4) is 0 Å². The lowest BCUT2D eigenvalue weighted by molar-refractivity contribution is -0.0372. The third-order valence-electron chi connectivity index (χ3n) is 4.23. The van der Waals surface area contributed by atoms with Crippen LogP contribution in [0.4, 0.5) is 0 Å². The van der Waals surface area contributed by atoms with Crippen molar-refractivity contribution < 1.29 is 9.47 Å². The molecule has 4 rings (SSSR count). The van der Waals surface area contributed by atoms with Gasteiger partial charge in [-0.15, -0.1) is 10.2 Å². The molecule has 0 saturated carbocycles. The van der Waals surface area contributed by atoms with Gasteiger partial charge in [-0.3, -0.25) is 4.90 Å². The molecule has 0 radical (unpaired) electrons. The molecule has 130 valence electrons. The number of methoxy groups -OCH3 is 1. The second kappa shape index (κ2) is 6.99. The van der Waals surface area contributed by atoms with Gasteiger partial charge in [0.25, 0.3) is 0 Å². The predicted octanol–water partition coefficient (Wildman–Crippen LogP) is 0.967. The molecule has 3 heterocycles. The van der Waals surface area contributed by atoms with Gasteiger partial charge in [-0.1, -0.05) is 5.21 Å². The van der Waals surface area contributed by atoms with Crippen molar-refractivity contribution in [2.24, 2.45) is 0 Å². The molecular formula is C16H19N7O2. The molecule has 3 aromatic rings. The highest BCUT2D eigenvalue weighted by atomic mass is 16.5. The second-order valence-electron chi connectivity index (χ2n) is 5.81. The third kappa shape index (κ3) is 3.37. The van der Waals surface area contributed by atoms with E-state index in [4.69, 9.17) is 9.47 Å². The fourth-order valence-electron chi connectivity index (χ4n) is 3.00. The molecule has 0 spiro atoms. The van der Waals surface area contributed by atoms with Crippen molar-refractivity contribution in [2.75, 3.05) is 26.8 Å². The first-order chi connectivity index (χ1) is 12.3.